The van der Waals surface area contributed by atoms with Crippen LogP contribution in [0.3, 0.4) is 0 Å². The Balaban J connectivity index is 1.67. The quantitative estimate of drug-likeness (QED) is 0.532. The van der Waals surface area contributed by atoms with Gasteiger partial charge < -0.3 is 29.5 Å². The molecule has 2 aromatic carbocycles. The first-order valence-electron chi connectivity index (χ1n) is 11.3. The maximum atomic E-state index is 13.1. The molecule has 0 bridgehead atoms. The van der Waals surface area contributed by atoms with Crippen molar-refractivity contribution in [3.05, 3.63) is 51.1 Å². The summed E-state index contributed by atoms with van der Waals surface area (Å²) in [5.74, 6) is -0.485. The lowest BCUT2D eigenvalue weighted by Crippen LogP contribution is -2.32. The number of aliphatic hydroxyl groups is 1. The standard InChI is InChI=1S/C25H27ClN2O5/c1-27-9-6-16(18(27)13-29)23-19(30)11-20(31)24-21(32)12-22(33-25(23)24)15-5-4-14(10-17(15)26)28-7-2-3-8-28/h4-5,10-12,16,18,29-31H,2-3,6-9,13H2,1H3/t16-,18+/m1/s1. The van der Waals surface area contributed by atoms with Crippen LogP contribution in [0.1, 0.15) is 30.7 Å². The molecule has 2 fully saturated rings. The van der Waals surface area contributed by atoms with Gasteiger partial charge in [-0.3, -0.25) is 4.79 Å². The Morgan fingerprint density at radius 1 is 1.09 bits per heavy atom. The predicted octanol–water partition coefficient (Wildman–Crippen LogP) is 3.90. The van der Waals surface area contributed by atoms with Crippen LogP contribution in [0.15, 0.2) is 39.5 Å². The number of hydrogen-bond acceptors (Lipinski definition) is 7. The third kappa shape index (κ3) is 3.74. The zero-order chi connectivity index (χ0) is 23.3. The van der Waals surface area contributed by atoms with Gasteiger partial charge in [-0.25, -0.2) is 0 Å². The van der Waals surface area contributed by atoms with Gasteiger partial charge in [0.05, 0.1) is 11.6 Å². The molecule has 5 rings (SSSR count). The van der Waals surface area contributed by atoms with Crippen molar-refractivity contribution < 1.29 is 19.7 Å². The van der Waals surface area contributed by atoms with Crippen LogP contribution in [0.4, 0.5) is 5.69 Å². The van der Waals surface area contributed by atoms with Gasteiger partial charge in [-0.2, -0.15) is 0 Å². The van der Waals surface area contributed by atoms with E-state index >= 15 is 0 Å². The first-order chi connectivity index (χ1) is 15.9. The van der Waals surface area contributed by atoms with E-state index in [4.69, 9.17) is 16.0 Å². The summed E-state index contributed by atoms with van der Waals surface area (Å²) < 4.78 is 6.19. The zero-order valence-corrected chi connectivity index (χ0v) is 19.2. The van der Waals surface area contributed by atoms with Crippen LogP contribution in [-0.4, -0.2) is 59.6 Å². The predicted molar refractivity (Wildman–Crippen MR) is 129 cm³/mol. The fourth-order valence-electron chi connectivity index (χ4n) is 5.30. The summed E-state index contributed by atoms with van der Waals surface area (Å²) in [6.45, 7) is 2.61. The average molecular weight is 471 g/mol. The Labute approximate surface area is 196 Å². The van der Waals surface area contributed by atoms with Crippen LogP contribution >= 0.6 is 11.6 Å². The fraction of sp³-hybridized carbons (Fsp3) is 0.400. The largest absolute Gasteiger partial charge is 0.507 e. The van der Waals surface area contributed by atoms with Crippen LogP contribution in [0, 0.1) is 0 Å². The van der Waals surface area contributed by atoms with Crippen LogP contribution in [-0.2, 0) is 0 Å². The van der Waals surface area contributed by atoms with Crippen LogP contribution in [0.5, 0.6) is 11.5 Å². The molecule has 3 heterocycles. The number of rotatable bonds is 4. The summed E-state index contributed by atoms with van der Waals surface area (Å²) in [4.78, 5) is 17.3. The van der Waals surface area contributed by atoms with Gasteiger partial charge in [-0.1, -0.05) is 11.6 Å². The molecule has 2 aliphatic heterocycles. The highest BCUT2D eigenvalue weighted by Gasteiger charge is 2.36. The second-order valence-corrected chi connectivity index (χ2v) is 9.40. The number of anilines is 1. The Hall–Kier alpha value is -2.74. The van der Waals surface area contributed by atoms with Crippen molar-refractivity contribution in [1.82, 2.24) is 4.90 Å². The van der Waals surface area contributed by atoms with E-state index in [1.165, 1.54) is 12.1 Å². The molecule has 0 aliphatic carbocycles. The molecule has 0 radical (unpaired) electrons. The van der Waals surface area contributed by atoms with E-state index in [2.05, 4.69) is 4.90 Å². The molecular formula is C25H27ClN2O5. The molecule has 3 aromatic rings. The number of phenolic OH excluding ortho intramolecular Hbond substituents is 2. The summed E-state index contributed by atoms with van der Waals surface area (Å²) in [6.07, 6.45) is 2.98. The summed E-state index contributed by atoms with van der Waals surface area (Å²) in [5.41, 5.74) is 1.73. The van der Waals surface area contributed by atoms with Crippen molar-refractivity contribution in [3.63, 3.8) is 0 Å². The highest BCUT2D eigenvalue weighted by Crippen LogP contribution is 2.44. The molecule has 0 unspecified atom stereocenters. The molecule has 3 N–H and O–H groups in total. The number of hydrogen-bond donors (Lipinski definition) is 3. The third-order valence-corrected chi connectivity index (χ3v) is 7.38. The van der Waals surface area contributed by atoms with Crippen molar-refractivity contribution in [2.75, 3.05) is 38.2 Å². The van der Waals surface area contributed by atoms with Crippen molar-refractivity contribution in [2.45, 2.75) is 31.2 Å². The minimum atomic E-state index is -0.420. The highest BCUT2D eigenvalue weighted by atomic mass is 35.5. The second-order valence-electron chi connectivity index (χ2n) is 8.99. The topological polar surface area (TPSA) is 97.4 Å². The van der Waals surface area contributed by atoms with Gasteiger partial charge in [-0.15, -0.1) is 0 Å². The molecule has 2 aliphatic rings. The lowest BCUT2D eigenvalue weighted by molar-refractivity contribution is 0.172. The number of phenols is 2. The van der Waals surface area contributed by atoms with Gasteiger partial charge in [0.25, 0.3) is 0 Å². The molecule has 0 saturated carbocycles. The van der Waals surface area contributed by atoms with Gasteiger partial charge in [0, 0.05) is 54.0 Å². The van der Waals surface area contributed by atoms with Crippen molar-refractivity contribution in [3.8, 4) is 22.8 Å². The van der Waals surface area contributed by atoms with E-state index in [0.29, 0.717) is 22.6 Å². The maximum Gasteiger partial charge on any atom is 0.197 e. The van der Waals surface area contributed by atoms with Gasteiger partial charge in [-0.05, 0) is 51.1 Å². The average Bonchev–Trinajstić information content (AvgIpc) is 3.43. The van der Waals surface area contributed by atoms with Crippen LogP contribution in [0.25, 0.3) is 22.3 Å². The number of fused-ring (bicyclic) bond motifs is 1. The number of aromatic hydroxyl groups is 2. The lowest BCUT2D eigenvalue weighted by Gasteiger charge is -2.24. The fourth-order valence-corrected chi connectivity index (χ4v) is 5.57. The molecule has 0 amide bonds. The van der Waals surface area contributed by atoms with E-state index in [0.717, 1.165) is 38.2 Å². The minimum Gasteiger partial charge on any atom is -0.507 e. The third-order valence-electron chi connectivity index (χ3n) is 7.07. The Morgan fingerprint density at radius 2 is 1.85 bits per heavy atom. The number of benzene rings is 2. The van der Waals surface area contributed by atoms with E-state index < -0.39 is 5.43 Å². The van der Waals surface area contributed by atoms with Gasteiger partial charge in [0.2, 0.25) is 0 Å². The zero-order valence-electron chi connectivity index (χ0n) is 18.4. The normalized spacial score (nSPS) is 21.4. The summed E-state index contributed by atoms with van der Waals surface area (Å²) >= 11 is 6.61. The highest BCUT2D eigenvalue weighted by molar-refractivity contribution is 6.33. The lowest BCUT2D eigenvalue weighted by atomic mass is 9.89. The van der Waals surface area contributed by atoms with Crippen LogP contribution < -0.4 is 10.3 Å². The first-order valence-corrected chi connectivity index (χ1v) is 11.7. The minimum absolute atomic E-state index is 0.0163. The summed E-state index contributed by atoms with van der Waals surface area (Å²) in [6, 6.07) is 7.94. The molecule has 8 heteroatoms. The molecule has 2 saturated heterocycles. The smallest absolute Gasteiger partial charge is 0.197 e. The monoisotopic (exact) mass is 470 g/mol. The van der Waals surface area contributed by atoms with E-state index in [9.17, 15) is 20.1 Å². The number of aliphatic hydroxyl groups excluding tert-OH is 1. The molecule has 33 heavy (non-hydrogen) atoms. The SMILES string of the molecule is CN1CC[C@@H](c2c(O)cc(O)c3c(=O)cc(-c4ccc(N5CCCC5)cc4Cl)oc23)[C@@H]1CO. The number of likely N-dealkylation sites (tertiary alicyclic amines) is 1. The van der Waals surface area contributed by atoms with Gasteiger partial charge >= 0.3 is 0 Å². The number of halogens is 1. The molecule has 7 nitrogen and oxygen atoms in total. The van der Waals surface area contributed by atoms with Gasteiger partial charge in [0.15, 0.2) is 5.43 Å². The van der Waals surface area contributed by atoms with E-state index in [-0.39, 0.29) is 46.8 Å². The van der Waals surface area contributed by atoms with E-state index in [1.807, 2.05) is 30.1 Å². The molecule has 2 atom stereocenters. The van der Waals surface area contributed by atoms with E-state index in [1.54, 1.807) is 0 Å². The van der Waals surface area contributed by atoms with Crippen molar-refractivity contribution >= 4 is 28.3 Å². The number of likely N-dealkylation sites (N-methyl/N-ethyl adjacent to an activating group) is 1. The summed E-state index contributed by atoms with van der Waals surface area (Å²) in [5, 5.41) is 31.6. The van der Waals surface area contributed by atoms with Crippen molar-refractivity contribution in [2.24, 2.45) is 0 Å². The maximum absolute atomic E-state index is 13.1. The Morgan fingerprint density at radius 3 is 2.55 bits per heavy atom. The summed E-state index contributed by atoms with van der Waals surface area (Å²) in [7, 11) is 1.91. The Kier molecular flexibility index (Phi) is 5.72. The molecule has 174 valence electrons. The van der Waals surface area contributed by atoms with Gasteiger partial charge in [0.1, 0.15) is 28.2 Å². The second kappa shape index (κ2) is 8.56. The Bertz CT molecular complexity index is 1270. The molecule has 1 aromatic heterocycles. The number of nitrogens with zero attached hydrogens (tertiary/aromatic N) is 2. The first kappa shape index (κ1) is 22.1. The molecule has 0 spiro atoms. The van der Waals surface area contributed by atoms with Crippen LogP contribution in [0.2, 0.25) is 5.02 Å². The van der Waals surface area contributed by atoms with Crippen molar-refractivity contribution in [1.29, 1.82) is 0 Å². The molecular weight excluding hydrogens is 444 g/mol.